The first-order valence-corrected chi connectivity index (χ1v) is 8.56. The zero-order valence-electron chi connectivity index (χ0n) is 13.5. The van der Waals surface area contributed by atoms with E-state index in [9.17, 15) is 9.90 Å². The summed E-state index contributed by atoms with van der Waals surface area (Å²) in [6.07, 6.45) is 4.07. The Balaban J connectivity index is 1.82. The van der Waals surface area contributed by atoms with Crippen LogP contribution in [0.1, 0.15) is 44.1 Å². The molecule has 0 amide bonds. The Morgan fingerprint density at radius 3 is 2.78 bits per heavy atom. The van der Waals surface area contributed by atoms with Crippen molar-refractivity contribution in [1.29, 1.82) is 0 Å². The summed E-state index contributed by atoms with van der Waals surface area (Å²) in [4.78, 5) is 11.9. The van der Waals surface area contributed by atoms with Crippen LogP contribution in [-0.2, 0) is 4.79 Å². The van der Waals surface area contributed by atoms with E-state index in [1.54, 1.807) is 0 Å². The van der Waals surface area contributed by atoms with Crippen LogP contribution in [-0.4, -0.2) is 22.7 Å². The molecule has 2 aliphatic heterocycles. The molecule has 0 spiro atoms. The van der Waals surface area contributed by atoms with Crippen molar-refractivity contribution in [2.45, 2.75) is 50.1 Å². The van der Waals surface area contributed by atoms with Gasteiger partial charge in [0.25, 0.3) is 0 Å². The number of fused-ring (bicyclic) bond motifs is 3. The number of carbonyl (C=O) groups is 1. The Kier molecular flexibility index (Phi) is 3.42. The summed E-state index contributed by atoms with van der Waals surface area (Å²) in [7, 11) is 0. The molecule has 2 N–H and O–H groups in total. The lowest BCUT2D eigenvalue weighted by atomic mass is 9.62. The van der Waals surface area contributed by atoms with Gasteiger partial charge < -0.3 is 10.4 Å². The molecule has 120 valence electrons. The van der Waals surface area contributed by atoms with Gasteiger partial charge in [0.05, 0.1) is 5.92 Å². The van der Waals surface area contributed by atoms with Crippen molar-refractivity contribution < 1.29 is 9.90 Å². The Morgan fingerprint density at radius 2 is 2.00 bits per heavy atom. The van der Waals surface area contributed by atoms with E-state index < -0.39 is 5.97 Å². The van der Waals surface area contributed by atoms with Gasteiger partial charge in [-0.1, -0.05) is 48.9 Å². The summed E-state index contributed by atoms with van der Waals surface area (Å²) in [6, 6.07) is 15.1. The molecule has 4 atom stereocenters. The number of hydrogen-bond donors (Lipinski definition) is 2. The molecule has 2 heterocycles. The molecule has 0 aromatic heterocycles. The lowest BCUT2D eigenvalue weighted by Gasteiger charge is -2.52. The first-order valence-electron chi connectivity index (χ1n) is 8.56. The highest BCUT2D eigenvalue weighted by Crippen LogP contribution is 2.47. The molecule has 3 nitrogen and oxygen atoms in total. The zero-order chi connectivity index (χ0) is 16.0. The maximum Gasteiger partial charge on any atom is 0.307 e. The Labute approximate surface area is 136 Å². The summed E-state index contributed by atoms with van der Waals surface area (Å²) < 4.78 is 0. The van der Waals surface area contributed by atoms with E-state index in [1.165, 1.54) is 17.2 Å². The number of nitrogens with one attached hydrogen (secondary N) is 1. The first kappa shape index (κ1) is 14.7. The highest BCUT2D eigenvalue weighted by Gasteiger charge is 2.50. The molecule has 2 aromatic carbocycles. The van der Waals surface area contributed by atoms with Crippen molar-refractivity contribution in [1.82, 2.24) is 5.32 Å². The molecule has 2 aliphatic rings. The minimum atomic E-state index is -0.650. The Hall–Kier alpha value is -1.87. The first-order chi connectivity index (χ1) is 11.1. The van der Waals surface area contributed by atoms with Crippen molar-refractivity contribution in [2.75, 3.05) is 0 Å². The predicted octanol–water partition coefficient (Wildman–Crippen LogP) is 3.93. The summed E-state index contributed by atoms with van der Waals surface area (Å²) in [5, 5.41) is 16.0. The van der Waals surface area contributed by atoms with Gasteiger partial charge in [0, 0.05) is 17.5 Å². The smallest absolute Gasteiger partial charge is 0.307 e. The van der Waals surface area contributed by atoms with Gasteiger partial charge in [-0.15, -0.1) is 0 Å². The molecule has 23 heavy (non-hydrogen) atoms. The number of carboxylic acid groups (broad SMARTS) is 1. The summed E-state index contributed by atoms with van der Waals surface area (Å²) in [5.41, 5.74) is 1.04. The van der Waals surface area contributed by atoms with E-state index in [4.69, 9.17) is 0 Å². The predicted molar refractivity (Wildman–Crippen MR) is 91.6 cm³/mol. The number of rotatable bonds is 2. The number of carboxylic acids is 1. The highest BCUT2D eigenvalue weighted by atomic mass is 16.4. The van der Waals surface area contributed by atoms with Crippen LogP contribution >= 0.6 is 0 Å². The van der Waals surface area contributed by atoms with Gasteiger partial charge in [0.1, 0.15) is 0 Å². The van der Waals surface area contributed by atoms with Gasteiger partial charge in [0.2, 0.25) is 0 Å². The van der Waals surface area contributed by atoms with Crippen LogP contribution in [0.25, 0.3) is 10.8 Å². The van der Waals surface area contributed by atoms with Gasteiger partial charge in [-0.05, 0) is 42.5 Å². The van der Waals surface area contributed by atoms with Gasteiger partial charge >= 0.3 is 5.97 Å². The van der Waals surface area contributed by atoms with Gasteiger partial charge in [-0.3, -0.25) is 4.79 Å². The van der Waals surface area contributed by atoms with Crippen molar-refractivity contribution in [2.24, 2.45) is 5.92 Å². The van der Waals surface area contributed by atoms with E-state index in [1.807, 2.05) is 12.1 Å². The van der Waals surface area contributed by atoms with E-state index in [-0.39, 0.29) is 17.4 Å². The minimum absolute atomic E-state index is 0.0288. The molecule has 0 saturated carbocycles. The maximum absolute atomic E-state index is 11.9. The van der Waals surface area contributed by atoms with Crippen LogP contribution in [0.2, 0.25) is 0 Å². The van der Waals surface area contributed by atoms with E-state index in [2.05, 4.69) is 42.6 Å². The van der Waals surface area contributed by atoms with Crippen LogP contribution in [0.4, 0.5) is 0 Å². The second kappa shape index (κ2) is 5.34. The molecule has 2 fully saturated rings. The minimum Gasteiger partial charge on any atom is -0.481 e. The second-order valence-corrected chi connectivity index (χ2v) is 7.42. The maximum atomic E-state index is 11.9. The van der Waals surface area contributed by atoms with Gasteiger partial charge in [-0.25, -0.2) is 0 Å². The lowest BCUT2D eigenvalue weighted by molar-refractivity contribution is -0.146. The van der Waals surface area contributed by atoms with Crippen molar-refractivity contribution in [3.8, 4) is 0 Å². The number of hydrogen-bond acceptors (Lipinski definition) is 2. The summed E-state index contributed by atoms with van der Waals surface area (Å²) in [6.45, 7) is 2.22. The van der Waals surface area contributed by atoms with Crippen LogP contribution in [0, 0.1) is 5.92 Å². The van der Waals surface area contributed by atoms with Crippen molar-refractivity contribution >= 4 is 16.7 Å². The van der Waals surface area contributed by atoms with E-state index in [0.29, 0.717) is 6.04 Å². The second-order valence-electron chi connectivity index (χ2n) is 7.42. The normalized spacial score (nSPS) is 33.5. The van der Waals surface area contributed by atoms with Crippen molar-refractivity contribution in [3.63, 3.8) is 0 Å². The molecule has 4 unspecified atom stereocenters. The lowest BCUT2D eigenvalue weighted by Crippen LogP contribution is -2.62. The fourth-order valence-electron chi connectivity index (χ4n) is 4.88. The molecular weight excluding hydrogens is 286 g/mol. The largest absolute Gasteiger partial charge is 0.481 e. The van der Waals surface area contributed by atoms with Crippen LogP contribution in [0.5, 0.6) is 0 Å². The van der Waals surface area contributed by atoms with Gasteiger partial charge in [0.15, 0.2) is 0 Å². The standard InChI is InChI=1S/C20H23NO2/c1-20-10-4-7-16(21-20)12-17(19(22)23)18(20)15-9-8-13-5-2-3-6-14(13)11-15/h2-3,5-6,8-9,11,16-18,21H,4,7,10,12H2,1H3,(H,22,23). The third kappa shape index (κ3) is 2.43. The van der Waals surface area contributed by atoms with E-state index in [0.717, 1.165) is 24.8 Å². The quantitative estimate of drug-likeness (QED) is 0.883. The Bertz CT molecular complexity index is 756. The number of aliphatic carboxylic acids is 1. The van der Waals surface area contributed by atoms with Crippen LogP contribution < -0.4 is 5.32 Å². The molecule has 0 aliphatic carbocycles. The average molecular weight is 309 g/mol. The third-order valence-corrected chi connectivity index (χ3v) is 5.86. The summed E-state index contributed by atoms with van der Waals surface area (Å²) >= 11 is 0. The molecule has 0 radical (unpaired) electrons. The molecule has 2 aromatic rings. The molecule has 2 saturated heterocycles. The highest BCUT2D eigenvalue weighted by molar-refractivity contribution is 5.83. The zero-order valence-corrected chi connectivity index (χ0v) is 13.5. The molecule has 3 heteroatoms. The van der Waals surface area contributed by atoms with Crippen LogP contribution in [0.15, 0.2) is 42.5 Å². The van der Waals surface area contributed by atoms with Crippen LogP contribution in [0.3, 0.4) is 0 Å². The third-order valence-electron chi connectivity index (χ3n) is 5.86. The summed E-state index contributed by atoms with van der Waals surface area (Å²) in [5.74, 6) is -0.920. The van der Waals surface area contributed by atoms with E-state index >= 15 is 0 Å². The number of piperidine rings is 2. The monoisotopic (exact) mass is 309 g/mol. The SMILES string of the molecule is CC12CCCC(CC(C(=O)O)C1c1ccc3ccccc3c1)N2. The average Bonchev–Trinajstić information content (AvgIpc) is 2.53. The number of benzene rings is 2. The molecule has 4 rings (SSSR count). The molecular formula is C20H23NO2. The topological polar surface area (TPSA) is 49.3 Å². The molecule has 2 bridgehead atoms. The van der Waals surface area contributed by atoms with Crippen molar-refractivity contribution in [3.05, 3.63) is 48.0 Å². The fourth-order valence-corrected chi connectivity index (χ4v) is 4.88. The van der Waals surface area contributed by atoms with Gasteiger partial charge in [-0.2, -0.15) is 0 Å². The Morgan fingerprint density at radius 1 is 1.22 bits per heavy atom. The fraction of sp³-hybridized carbons (Fsp3) is 0.450.